The smallest absolute Gasteiger partial charge is 0.165 e. The molecule has 0 amide bonds. The summed E-state index contributed by atoms with van der Waals surface area (Å²) in [6.45, 7) is 1.79. The Morgan fingerprint density at radius 3 is 2.81 bits per heavy atom. The van der Waals surface area contributed by atoms with Gasteiger partial charge in [-0.3, -0.25) is 4.79 Å². The molecule has 1 aromatic carbocycles. The van der Waals surface area contributed by atoms with E-state index < -0.39 is 5.82 Å². The van der Waals surface area contributed by atoms with Crippen molar-refractivity contribution < 1.29 is 18.7 Å². The fraction of sp³-hybridized carbons (Fsp3) is 0.588. The fourth-order valence-corrected chi connectivity index (χ4v) is 3.42. The summed E-state index contributed by atoms with van der Waals surface area (Å²) in [5.41, 5.74) is 0.437. The average Bonchev–Trinajstić information content (AvgIpc) is 3.08. The van der Waals surface area contributed by atoms with Gasteiger partial charge in [0.25, 0.3) is 0 Å². The van der Waals surface area contributed by atoms with Crippen molar-refractivity contribution in [1.82, 2.24) is 0 Å². The predicted molar refractivity (Wildman–Crippen MR) is 77.2 cm³/mol. The van der Waals surface area contributed by atoms with E-state index in [2.05, 4.69) is 0 Å². The third kappa shape index (κ3) is 3.10. The molecule has 1 spiro atoms. The van der Waals surface area contributed by atoms with Crippen molar-refractivity contribution in [3.05, 3.63) is 29.6 Å². The maximum absolute atomic E-state index is 13.9. The summed E-state index contributed by atoms with van der Waals surface area (Å²) >= 11 is 0. The summed E-state index contributed by atoms with van der Waals surface area (Å²) in [4.78, 5) is 11.2. The van der Waals surface area contributed by atoms with Crippen LogP contribution in [0.15, 0.2) is 18.2 Å². The van der Waals surface area contributed by atoms with Gasteiger partial charge in [0.2, 0.25) is 0 Å². The molecule has 1 atom stereocenters. The van der Waals surface area contributed by atoms with Gasteiger partial charge in [0.1, 0.15) is 6.61 Å². The van der Waals surface area contributed by atoms with Crippen LogP contribution in [0.25, 0.3) is 0 Å². The molecule has 2 aliphatic rings. The number of hydrogen-bond donors (Lipinski definition) is 0. The number of Topliss-reactive ketones (excluding diaryl/α,β-unsaturated/α-hetero) is 1. The third-order valence-corrected chi connectivity index (χ3v) is 4.62. The second kappa shape index (κ2) is 5.76. The molecule has 1 saturated carbocycles. The average molecular weight is 292 g/mol. The standard InChI is InChI=1S/C17H21FO3/c1-12(19)13-4-5-16(15(18)10-13)20-11-14-6-9-17(21-14)7-2-3-8-17/h4-5,10,14H,2-3,6-9,11H2,1H3. The monoisotopic (exact) mass is 292 g/mol. The molecule has 1 aromatic rings. The second-order valence-electron chi connectivity index (χ2n) is 6.18. The number of ether oxygens (including phenoxy) is 2. The summed E-state index contributed by atoms with van der Waals surface area (Å²) in [6.07, 6.45) is 6.90. The zero-order valence-electron chi connectivity index (χ0n) is 12.4. The van der Waals surface area contributed by atoms with Gasteiger partial charge >= 0.3 is 0 Å². The molecule has 21 heavy (non-hydrogen) atoms. The minimum absolute atomic E-state index is 0.0509. The Hall–Kier alpha value is -1.42. The largest absolute Gasteiger partial charge is 0.488 e. The van der Waals surface area contributed by atoms with Gasteiger partial charge in [-0.1, -0.05) is 12.8 Å². The normalized spacial score (nSPS) is 23.6. The van der Waals surface area contributed by atoms with Crippen LogP contribution in [0.2, 0.25) is 0 Å². The van der Waals surface area contributed by atoms with Crippen molar-refractivity contribution in [3.63, 3.8) is 0 Å². The number of ketones is 1. The van der Waals surface area contributed by atoms with Gasteiger partial charge in [-0.25, -0.2) is 4.39 Å². The molecule has 0 N–H and O–H groups in total. The van der Waals surface area contributed by atoms with Gasteiger partial charge in [-0.2, -0.15) is 0 Å². The molecule has 3 rings (SSSR count). The van der Waals surface area contributed by atoms with Crippen molar-refractivity contribution in [2.75, 3.05) is 6.61 Å². The molecular weight excluding hydrogens is 271 g/mol. The van der Waals surface area contributed by atoms with Crippen molar-refractivity contribution in [1.29, 1.82) is 0 Å². The van der Waals surface area contributed by atoms with Crippen molar-refractivity contribution in [2.24, 2.45) is 0 Å². The fourth-order valence-electron chi connectivity index (χ4n) is 3.42. The maximum Gasteiger partial charge on any atom is 0.165 e. The first-order chi connectivity index (χ1) is 10.1. The quantitative estimate of drug-likeness (QED) is 0.790. The Balaban J connectivity index is 1.57. The van der Waals surface area contributed by atoms with E-state index in [1.165, 1.54) is 31.9 Å². The zero-order chi connectivity index (χ0) is 14.9. The van der Waals surface area contributed by atoms with Gasteiger partial charge in [0.05, 0.1) is 11.7 Å². The number of carbonyl (C=O) groups excluding carboxylic acids is 1. The lowest BCUT2D eigenvalue weighted by molar-refractivity contribution is -0.0512. The van der Waals surface area contributed by atoms with Gasteiger partial charge in [-0.05, 0) is 50.8 Å². The summed E-state index contributed by atoms with van der Waals surface area (Å²) in [5, 5.41) is 0. The number of halogens is 1. The molecule has 4 heteroatoms. The highest BCUT2D eigenvalue weighted by Crippen LogP contribution is 2.43. The molecule has 2 fully saturated rings. The van der Waals surface area contributed by atoms with Gasteiger partial charge < -0.3 is 9.47 Å². The third-order valence-electron chi connectivity index (χ3n) is 4.62. The number of benzene rings is 1. The van der Waals surface area contributed by atoms with E-state index in [1.54, 1.807) is 6.07 Å². The van der Waals surface area contributed by atoms with Crippen LogP contribution >= 0.6 is 0 Å². The van der Waals surface area contributed by atoms with Crippen LogP contribution in [0.1, 0.15) is 55.8 Å². The van der Waals surface area contributed by atoms with E-state index in [0.29, 0.717) is 12.2 Å². The van der Waals surface area contributed by atoms with Crippen LogP contribution in [0, 0.1) is 5.82 Å². The molecule has 1 unspecified atom stereocenters. The number of hydrogen-bond acceptors (Lipinski definition) is 3. The predicted octanol–water partition coefficient (Wildman–Crippen LogP) is 3.90. The molecule has 1 aliphatic heterocycles. The van der Waals surface area contributed by atoms with Crippen LogP contribution < -0.4 is 4.74 Å². The minimum Gasteiger partial charge on any atom is -0.488 e. The Labute approximate surface area is 124 Å². The Kier molecular flexibility index (Phi) is 3.98. The molecule has 1 saturated heterocycles. The molecule has 1 aliphatic carbocycles. The molecular formula is C17H21FO3. The number of rotatable bonds is 4. The molecule has 0 bridgehead atoms. The van der Waals surface area contributed by atoms with Gasteiger partial charge in [0, 0.05) is 5.56 Å². The lowest BCUT2D eigenvalue weighted by Gasteiger charge is -2.23. The van der Waals surface area contributed by atoms with Crippen molar-refractivity contribution >= 4 is 5.78 Å². The number of carbonyl (C=O) groups is 1. The van der Waals surface area contributed by atoms with E-state index in [9.17, 15) is 9.18 Å². The first-order valence-corrected chi connectivity index (χ1v) is 7.69. The maximum atomic E-state index is 13.9. The van der Waals surface area contributed by atoms with Gasteiger partial charge in [0.15, 0.2) is 17.3 Å². The highest BCUT2D eigenvalue weighted by atomic mass is 19.1. The Morgan fingerprint density at radius 2 is 2.14 bits per heavy atom. The molecule has 0 radical (unpaired) electrons. The molecule has 114 valence electrons. The summed E-state index contributed by atoms with van der Waals surface area (Å²) in [7, 11) is 0. The lowest BCUT2D eigenvalue weighted by Crippen LogP contribution is -2.27. The van der Waals surface area contributed by atoms with E-state index in [-0.39, 0.29) is 23.2 Å². The van der Waals surface area contributed by atoms with Gasteiger partial charge in [-0.15, -0.1) is 0 Å². The van der Waals surface area contributed by atoms with E-state index in [4.69, 9.17) is 9.47 Å². The second-order valence-corrected chi connectivity index (χ2v) is 6.18. The SMILES string of the molecule is CC(=O)c1ccc(OCC2CCC3(CCCC3)O2)c(F)c1. The van der Waals surface area contributed by atoms with Crippen LogP contribution in [0.5, 0.6) is 5.75 Å². The summed E-state index contributed by atoms with van der Waals surface area (Å²) in [5.74, 6) is -0.449. The summed E-state index contributed by atoms with van der Waals surface area (Å²) in [6, 6.07) is 4.34. The van der Waals surface area contributed by atoms with Crippen LogP contribution in [0.3, 0.4) is 0 Å². The lowest BCUT2D eigenvalue weighted by atomic mass is 9.98. The highest BCUT2D eigenvalue weighted by molar-refractivity contribution is 5.94. The van der Waals surface area contributed by atoms with Crippen LogP contribution in [0.4, 0.5) is 4.39 Å². The first kappa shape index (κ1) is 14.5. The zero-order valence-corrected chi connectivity index (χ0v) is 12.4. The van der Waals surface area contributed by atoms with Crippen LogP contribution in [-0.4, -0.2) is 24.1 Å². The van der Waals surface area contributed by atoms with Crippen molar-refractivity contribution in [3.8, 4) is 5.75 Å². The van der Waals surface area contributed by atoms with E-state index in [0.717, 1.165) is 25.7 Å². The summed E-state index contributed by atoms with van der Waals surface area (Å²) < 4.78 is 25.5. The molecule has 1 heterocycles. The topological polar surface area (TPSA) is 35.5 Å². The molecule has 3 nitrogen and oxygen atoms in total. The van der Waals surface area contributed by atoms with E-state index in [1.807, 2.05) is 0 Å². The van der Waals surface area contributed by atoms with Crippen LogP contribution in [-0.2, 0) is 4.74 Å². The Bertz CT molecular complexity index is 535. The Morgan fingerprint density at radius 1 is 1.38 bits per heavy atom. The highest BCUT2D eigenvalue weighted by Gasteiger charge is 2.42. The minimum atomic E-state index is -0.490. The van der Waals surface area contributed by atoms with E-state index >= 15 is 0 Å². The first-order valence-electron chi connectivity index (χ1n) is 7.69. The molecule has 0 aromatic heterocycles. The van der Waals surface area contributed by atoms with Crippen molar-refractivity contribution in [2.45, 2.75) is 57.2 Å².